The maximum atomic E-state index is 5.76. The molecular weight excluding hydrogens is 1240 g/mol. The maximum Gasteiger partial charge on any atom is 0.278 e. The van der Waals surface area contributed by atoms with Crippen LogP contribution >= 0.6 is 11.3 Å². The van der Waals surface area contributed by atoms with Gasteiger partial charge in [0.15, 0.2) is 11.7 Å². The quantitative estimate of drug-likeness (QED) is 0.159. The number of pyridine rings is 5. The molecule has 0 saturated carbocycles. The Bertz CT molecular complexity index is 4650. The Morgan fingerprint density at radius 1 is 0.424 bits per heavy atom. The average Bonchev–Trinajstić information content (AvgIpc) is 1.54. The molecule has 99 heavy (non-hydrogen) atoms. The van der Waals surface area contributed by atoms with Gasteiger partial charge in [0.1, 0.15) is 53.6 Å². The van der Waals surface area contributed by atoms with E-state index in [1.807, 2.05) is 17.6 Å². The summed E-state index contributed by atoms with van der Waals surface area (Å²) in [6.45, 7) is 27.3. The highest BCUT2D eigenvalue weighted by molar-refractivity contribution is 7.10. The lowest BCUT2D eigenvalue weighted by Gasteiger charge is -2.39. The third-order valence-corrected chi connectivity index (χ3v) is 28.0. The smallest absolute Gasteiger partial charge is 0.278 e. The molecule has 0 N–H and O–H groups in total. The molecule has 14 atom stereocenters. The van der Waals surface area contributed by atoms with Crippen molar-refractivity contribution in [2.75, 3.05) is 35.9 Å². The van der Waals surface area contributed by atoms with Crippen LogP contribution in [0.5, 0.6) is 0 Å². The summed E-state index contributed by atoms with van der Waals surface area (Å²) in [5, 5.41) is 2.26. The monoisotopic (exact) mass is 1340 g/mol. The van der Waals surface area contributed by atoms with Crippen LogP contribution in [0.25, 0.3) is 0 Å². The number of aromatic nitrogens is 6. The molecule has 0 spiro atoms. The number of fused-ring (bicyclic) bond motifs is 25. The van der Waals surface area contributed by atoms with E-state index in [4.69, 9.17) is 4.42 Å². The second-order valence-corrected chi connectivity index (χ2v) is 32.9. The van der Waals surface area contributed by atoms with Gasteiger partial charge >= 0.3 is 0 Å². The van der Waals surface area contributed by atoms with Crippen LogP contribution in [0.3, 0.4) is 0 Å². The van der Waals surface area contributed by atoms with Crippen molar-refractivity contribution < 1.29 is 27.3 Å². The van der Waals surface area contributed by atoms with E-state index in [2.05, 4.69) is 376 Å². The summed E-state index contributed by atoms with van der Waals surface area (Å²) in [6, 6.07) is 60.5. The standard InChI is InChI=1S/C19H23N2.C17H22N3.C17H20N3.C16H19N2O.C16H19N2S/c1-14-18(2)13-19(3,16-10-6-5-9-15(16)18)21(14)17-11-7-8-12-20(17)4;1-12-17(2)11-14(13-8-10-19(4)16(13)17)20(12)15-7-5-6-9-18(15)3;1-13-19-12-17(2,14-8-4-5-9-15(14)19)20(13)16-10-6-7-11-18(16)3;2*1-11-16(2)10-13(12-7-9-19-15(12)16)18(11)14-6-4-5-8-17(14)3/h5-12,14H,13H2,1-4H3;5-10,12,14H,11H2,1-4H3;4-11,13H,12H2,1-3H3;2*4-9,11,13H,10H2,1-3H3/q5*+1. The molecule has 510 valence electrons. The van der Waals surface area contributed by atoms with Gasteiger partial charge in [-0.15, -0.1) is 11.3 Å². The van der Waals surface area contributed by atoms with E-state index in [9.17, 15) is 0 Å². The Morgan fingerprint density at radius 2 is 0.879 bits per heavy atom. The summed E-state index contributed by atoms with van der Waals surface area (Å²) in [5.41, 5.74) is 13.1. The minimum atomic E-state index is 0.0646. The molecule has 14 unspecified atom stereocenters. The zero-order chi connectivity index (χ0) is 69.2. The van der Waals surface area contributed by atoms with Crippen molar-refractivity contribution >= 4 is 46.1 Å². The fourth-order valence-electron chi connectivity index (χ4n) is 21.3. The van der Waals surface area contributed by atoms with Gasteiger partial charge in [-0.1, -0.05) is 86.6 Å². The third kappa shape index (κ3) is 9.23. The summed E-state index contributed by atoms with van der Waals surface area (Å²) >= 11 is 1.95. The molecule has 10 bridgehead atoms. The van der Waals surface area contributed by atoms with Gasteiger partial charge in [0.25, 0.3) is 29.1 Å². The molecule has 0 radical (unpaired) electrons. The molecule has 2 aromatic carbocycles. The molecule has 14 heterocycles. The second-order valence-electron chi connectivity index (χ2n) is 32.0. The first-order valence-corrected chi connectivity index (χ1v) is 37.2. The van der Waals surface area contributed by atoms with Gasteiger partial charge in [0, 0.05) is 124 Å². The van der Waals surface area contributed by atoms with Crippen LogP contribution in [-0.2, 0) is 75.0 Å². The average molecular weight is 1340 g/mol. The van der Waals surface area contributed by atoms with Crippen LogP contribution < -0.4 is 52.2 Å². The van der Waals surface area contributed by atoms with Gasteiger partial charge in [-0.3, -0.25) is 14.7 Å². The van der Waals surface area contributed by atoms with Gasteiger partial charge in [-0.05, 0) is 128 Å². The van der Waals surface area contributed by atoms with Crippen molar-refractivity contribution in [3.05, 3.63) is 256 Å². The zero-order valence-corrected chi connectivity index (χ0v) is 62.3. The SMILES string of the molecule is CC1N(c2cccc[n+]2C)C2(C)CC1(C)c1ccccc12.CC1N(c2cccc[n+]2C)C2CC1(C)c1c2ccn1C.CC1N(c2cccc[n+]2C)C2CC1(C)c1occc12.CC1N(c2cccc[n+]2C)C2CC1(C)c1sccc12.CC1N2CC(C)(c3ccccc32)N1c1cccc[n+]1C. The third-order valence-electron chi connectivity index (χ3n) is 26.8. The molecule has 8 aromatic heterocycles. The van der Waals surface area contributed by atoms with Crippen molar-refractivity contribution in [1.82, 2.24) is 4.57 Å². The lowest BCUT2D eigenvalue weighted by Crippen LogP contribution is -2.53. The number of benzene rings is 2. The highest BCUT2D eigenvalue weighted by Gasteiger charge is 2.68. The predicted octanol–water partition coefficient (Wildman–Crippen LogP) is 14.1. The van der Waals surface area contributed by atoms with E-state index in [0.717, 1.165) is 13.0 Å². The first-order valence-electron chi connectivity index (χ1n) is 36.4. The van der Waals surface area contributed by atoms with E-state index < -0.39 is 0 Å². The summed E-state index contributed by atoms with van der Waals surface area (Å²) in [6.07, 6.45) is 20.0. The van der Waals surface area contributed by atoms with Gasteiger partial charge in [0.2, 0.25) is 0 Å². The van der Waals surface area contributed by atoms with Crippen LogP contribution in [0.1, 0.15) is 170 Å². The van der Waals surface area contributed by atoms with Crippen LogP contribution in [-0.4, -0.2) is 41.4 Å². The van der Waals surface area contributed by atoms with Crippen LogP contribution in [0.4, 0.5) is 34.8 Å². The number of para-hydroxylation sites is 1. The van der Waals surface area contributed by atoms with Crippen LogP contribution in [0.15, 0.2) is 211 Å². The topological polar surface area (TPSA) is 56.9 Å². The van der Waals surface area contributed by atoms with Crippen molar-refractivity contribution in [2.24, 2.45) is 42.3 Å². The molecule has 6 aliphatic heterocycles. The minimum absolute atomic E-state index is 0.0646. The normalized spacial score (nSPS) is 31.0. The van der Waals surface area contributed by atoms with Crippen molar-refractivity contribution in [2.45, 2.75) is 183 Å². The highest BCUT2D eigenvalue weighted by Crippen LogP contribution is 2.64. The van der Waals surface area contributed by atoms with Crippen LogP contribution in [0.2, 0.25) is 0 Å². The zero-order valence-electron chi connectivity index (χ0n) is 61.5. The van der Waals surface area contributed by atoms with Crippen molar-refractivity contribution in [3.8, 4) is 0 Å². The summed E-state index contributed by atoms with van der Waals surface area (Å²) in [5.74, 6) is 7.74. The van der Waals surface area contributed by atoms with Gasteiger partial charge in [-0.25, -0.2) is 32.6 Å². The molecule has 5 fully saturated rings. The molecule has 5 saturated heterocycles. The Hall–Kier alpha value is -8.75. The van der Waals surface area contributed by atoms with E-state index in [-0.39, 0.29) is 27.3 Å². The van der Waals surface area contributed by atoms with Crippen molar-refractivity contribution in [3.63, 3.8) is 0 Å². The van der Waals surface area contributed by atoms with E-state index >= 15 is 0 Å². The number of aryl methyl sites for hydroxylation is 6. The van der Waals surface area contributed by atoms with Gasteiger partial charge in [0.05, 0.1) is 89.9 Å². The molecule has 20 rings (SSSR count). The number of thiophene rings is 1. The van der Waals surface area contributed by atoms with Crippen molar-refractivity contribution in [1.29, 1.82) is 0 Å². The lowest BCUT2D eigenvalue weighted by molar-refractivity contribution is -0.659. The predicted molar refractivity (Wildman–Crippen MR) is 397 cm³/mol. The second kappa shape index (κ2) is 23.2. The number of hydrogen-bond donors (Lipinski definition) is 0. The molecule has 10 aromatic rings. The minimum Gasteiger partial charge on any atom is -0.468 e. The molecular formula is C85H103N12OS+5. The Labute approximate surface area is 592 Å². The Balaban J connectivity index is 0.0000000966. The summed E-state index contributed by atoms with van der Waals surface area (Å²) < 4.78 is 19.2. The molecule has 13 nitrogen and oxygen atoms in total. The van der Waals surface area contributed by atoms with Gasteiger partial charge in [-0.2, -0.15) is 0 Å². The fourth-order valence-corrected chi connectivity index (χ4v) is 22.5. The summed E-state index contributed by atoms with van der Waals surface area (Å²) in [7, 11) is 12.9. The Kier molecular flexibility index (Phi) is 15.2. The molecule has 10 aliphatic rings. The first kappa shape index (κ1) is 64.9. The molecule has 4 aliphatic carbocycles. The maximum absolute atomic E-state index is 5.76. The number of furan rings is 1. The molecule has 0 amide bonds. The van der Waals surface area contributed by atoms with E-state index in [1.165, 1.54) is 82.1 Å². The first-order chi connectivity index (χ1) is 47.4. The number of anilines is 6. The van der Waals surface area contributed by atoms with E-state index in [1.54, 1.807) is 21.7 Å². The van der Waals surface area contributed by atoms with E-state index in [0.29, 0.717) is 53.9 Å². The molecule has 14 heteroatoms. The van der Waals surface area contributed by atoms with Crippen LogP contribution in [0, 0.1) is 0 Å². The summed E-state index contributed by atoms with van der Waals surface area (Å²) in [4.78, 5) is 17.1. The lowest BCUT2D eigenvalue weighted by atomic mass is 9.78. The number of nitrogens with zero attached hydrogens (tertiary/aromatic N) is 12. The highest BCUT2D eigenvalue weighted by atomic mass is 32.1. The fraction of sp³-hybridized carbons (Fsp3) is 0.424. The number of rotatable bonds is 5. The number of hydrogen-bond acceptors (Lipinski definition) is 8. The Morgan fingerprint density at radius 3 is 1.44 bits per heavy atom. The largest absolute Gasteiger partial charge is 0.468 e. The van der Waals surface area contributed by atoms with Gasteiger partial charge < -0.3 is 13.9 Å².